The molecule has 1 fully saturated rings. The summed E-state index contributed by atoms with van der Waals surface area (Å²) in [7, 11) is 0. The summed E-state index contributed by atoms with van der Waals surface area (Å²) in [6.45, 7) is -0.442. The standard InChI is InChI=1S/C38H37NO6/c40-34(30-17-13-28(14-18-30)26-9-5-2-6-10-26)23-33(29-15-11-27(12-16-29)25-7-3-1-4-8-25)36(42)31-19-21-32(22-20-31)37(43)39-24-35(41)38(44)45/h2,5-6,9-22,25,33,35,41H,1,3-4,7-8,23-24H2,(H,39,43)(H,44,45)/t33?,35-/m1/s1. The Bertz CT molecular complexity index is 1620. The molecule has 1 aliphatic rings. The van der Waals surface area contributed by atoms with Crippen molar-refractivity contribution in [2.75, 3.05) is 6.54 Å². The molecule has 45 heavy (non-hydrogen) atoms. The Hall–Kier alpha value is -4.88. The Morgan fingerprint density at radius 1 is 0.689 bits per heavy atom. The molecule has 1 amide bonds. The van der Waals surface area contributed by atoms with E-state index in [0.29, 0.717) is 17.0 Å². The molecular weight excluding hydrogens is 566 g/mol. The van der Waals surface area contributed by atoms with Crippen molar-refractivity contribution in [3.63, 3.8) is 0 Å². The minimum atomic E-state index is -1.72. The maximum atomic E-state index is 14.0. The van der Waals surface area contributed by atoms with Crippen LogP contribution in [-0.4, -0.2) is 46.3 Å². The molecule has 2 atom stereocenters. The summed E-state index contributed by atoms with van der Waals surface area (Å²) >= 11 is 0. The molecule has 7 nitrogen and oxygen atoms in total. The van der Waals surface area contributed by atoms with E-state index in [1.165, 1.54) is 49.1 Å². The second-order valence-electron chi connectivity index (χ2n) is 11.6. The van der Waals surface area contributed by atoms with Gasteiger partial charge in [-0.3, -0.25) is 14.4 Å². The number of benzene rings is 4. The van der Waals surface area contributed by atoms with E-state index in [4.69, 9.17) is 5.11 Å². The van der Waals surface area contributed by atoms with Gasteiger partial charge in [0.25, 0.3) is 5.91 Å². The van der Waals surface area contributed by atoms with Gasteiger partial charge < -0.3 is 15.5 Å². The van der Waals surface area contributed by atoms with Gasteiger partial charge in [-0.2, -0.15) is 0 Å². The number of hydrogen-bond acceptors (Lipinski definition) is 5. The van der Waals surface area contributed by atoms with Gasteiger partial charge in [-0.15, -0.1) is 0 Å². The fraction of sp³-hybridized carbons (Fsp3) is 0.263. The zero-order valence-electron chi connectivity index (χ0n) is 25.0. The maximum absolute atomic E-state index is 14.0. The van der Waals surface area contributed by atoms with Crippen molar-refractivity contribution in [3.05, 3.63) is 131 Å². The highest BCUT2D eigenvalue weighted by atomic mass is 16.4. The van der Waals surface area contributed by atoms with Crippen LogP contribution in [-0.2, 0) is 4.79 Å². The third-order valence-electron chi connectivity index (χ3n) is 8.61. The van der Waals surface area contributed by atoms with E-state index in [2.05, 4.69) is 17.4 Å². The molecule has 0 radical (unpaired) electrons. The Kier molecular flexibility index (Phi) is 10.3. The van der Waals surface area contributed by atoms with Crippen molar-refractivity contribution < 1.29 is 29.4 Å². The largest absolute Gasteiger partial charge is 0.479 e. The average Bonchev–Trinajstić information content (AvgIpc) is 3.10. The smallest absolute Gasteiger partial charge is 0.334 e. The molecule has 0 bridgehead atoms. The summed E-state index contributed by atoms with van der Waals surface area (Å²) in [5.74, 6) is -2.59. The number of aliphatic carboxylic acids is 1. The Morgan fingerprint density at radius 2 is 1.27 bits per heavy atom. The first-order chi connectivity index (χ1) is 21.8. The highest BCUT2D eigenvalue weighted by Gasteiger charge is 2.27. The number of carbonyl (C=O) groups is 4. The first kappa shape index (κ1) is 31.5. The van der Waals surface area contributed by atoms with Gasteiger partial charge in [0.05, 0.1) is 12.5 Å². The van der Waals surface area contributed by atoms with Crippen molar-refractivity contribution in [3.8, 4) is 11.1 Å². The highest BCUT2D eigenvalue weighted by molar-refractivity contribution is 6.06. The third-order valence-corrected chi connectivity index (χ3v) is 8.61. The molecule has 0 spiro atoms. The van der Waals surface area contributed by atoms with Crippen LogP contribution in [0.4, 0.5) is 0 Å². The van der Waals surface area contributed by atoms with Crippen LogP contribution in [0.5, 0.6) is 0 Å². The van der Waals surface area contributed by atoms with Crippen molar-refractivity contribution in [2.45, 2.75) is 56.5 Å². The van der Waals surface area contributed by atoms with Gasteiger partial charge >= 0.3 is 5.97 Å². The van der Waals surface area contributed by atoms with Gasteiger partial charge in [-0.1, -0.05) is 110 Å². The Labute approximate surface area is 262 Å². The average molecular weight is 604 g/mol. The van der Waals surface area contributed by atoms with E-state index in [1.807, 2.05) is 54.6 Å². The normalized spacial score (nSPS) is 14.7. The number of carbonyl (C=O) groups excluding carboxylic acids is 3. The fourth-order valence-electron chi connectivity index (χ4n) is 5.95. The van der Waals surface area contributed by atoms with E-state index in [1.54, 1.807) is 12.1 Å². The van der Waals surface area contributed by atoms with Crippen LogP contribution in [0.3, 0.4) is 0 Å². The van der Waals surface area contributed by atoms with E-state index in [0.717, 1.165) is 29.5 Å². The van der Waals surface area contributed by atoms with E-state index < -0.39 is 30.4 Å². The number of aliphatic hydroxyl groups excluding tert-OH is 1. The van der Waals surface area contributed by atoms with E-state index in [-0.39, 0.29) is 23.6 Å². The molecule has 5 rings (SSSR count). The molecule has 1 unspecified atom stereocenters. The summed E-state index contributed by atoms with van der Waals surface area (Å²) in [6, 6.07) is 31.5. The SMILES string of the molecule is O=C(CC(C(=O)c1ccc(C(=O)NC[C@@H](O)C(=O)O)cc1)c1ccc(C2CCCCC2)cc1)c1ccc(-c2ccccc2)cc1. The molecule has 4 aromatic rings. The van der Waals surface area contributed by atoms with Gasteiger partial charge in [0.15, 0.2) is 17.7 Å². The van der Waals surface area contributed by atoms with Gasteiger partial charge in [0.2, 0.25) is 0 Å². The summed E-state index contributed by atoms with van der Waals surface area (Å²) in [6.07, 6.45) is 4.31. The maximum Gasteiger partial charge on any atom is 0.334 e. The number of amides is 1. The van der Waals surface area contributed by atoms with E-state index >= 15 is 0 Å². The number of hydrogen-bond donors (Lipinski definition) is 3. The Morgan fingerprint density at radius 3 is 1.89 bits per heavy atom. The van der Waals surface area contributed by atoms with Gasteiger partial charge in [-0.25, -0.2) is 4.79 Å². The third kappa shape index (κ3) is 7.99. The molecule has 0 saturated heterocycles. The van der Waals surface area contributed by atoms with Crippen molar-refractivity contribution in [1.29, 1.82) is 0 Å². The second kappa shape index (κ2) is 14.7. The van der Waals surface area contributed by atoms with Crippen LogP contribution in [0.25, 0.3) is 11.1 Å². The second-order valence-corrected chi connectivity index (χ2v) is 11.6. The zero-order chi connectivity index (χ0) is 31.8. The monoisotopic (exact) mass is 603 g/mol. The van der Waals surface area contributed by atoms with Crippen LogP contribution in [0, 0.1) is 0 Å². The lowest BCUT2D eigenvalue weighted by Crippen LogP contribution is -2.36. The molecule has 0 heterocycles. The predicted octanol–water partition coefficient (Wildman–Crippen LogP) is 6.82. The molecule has 1 aliphatic carbocycles. The van der Waals surface area contributed by atoms with Gasteiger partial charge in [0.1, 0.15) is 0 Å². The number of rotatable bonds is 12. The number of carboxylic acids is 1. The van der Waals surface area contributed by atoms with E-state index in [9.17, 15) is 24.3 Å². The summed E-state index contributed by atoms with van der Waals surface area (Å²) in [5, 5.41) is 20.6. The minimum absolute atomic E-state index is 0.0123. The number of Topliss-reactive ketones (excluding diaryl/α,β-unsaturated/α-hetero) is 2. The summed E-state index contributed by atoms with van der Waals surface area (Å²) in [5.41, 5.74) is 5.17. The number of carboxylic acid groups (broad SMARTS) is 1. The topological polar surface area (TPSA) is 121 Å². The lowest BCUT2D eigenvalue weighted by atomic mass is 9.81. The molecule has 0 aromatic heterocycles. The van der Waals surface area contributed by atoms with Crippen LogP contribution >= 0.6 is 0 Å². The quantitative estimate of drug-likeness (QED) is 0.153. The molecular formula is C38H37NO6. The first-order valence-electron chi connectivity index (χ1n) is 15.4. The predicted molar refractivity (Wildman–Crippen MR) is 173 cm³/mol. The molecule has 4 aromatic carbocycles. The summed E-state index contributed by atoms with van der Waals surface area (Å²) in [4.78, 5) is 50.8. The van der Waals surface area contributed by atoms with Crippen LogP contribution in [0.1, 0.15) is 92.6 Å². The molecule has 230 valence electrons. The lowest BCUT2D eigenvalue weighted by Gasteiger charge is -2.23. The number of nitrogens with one attached hydrogen (secondary N) is 1. The van der Waals surface area contributed by atoms with Crippen molar-refractivity contribution >= 4 is 23.4 Å². The fourth-order valence-corrected chi connectivity index (χ4v) is 5.95. The van der Waals surface area contributed by atoms with Crippen molar-refractivity contribution in [1.82, 2.24) is 5.32 Å². The molecule has 3 N–H and O–H groups in total. The van der Waals surface area contributed by atoms with Crippen molar-refractivity contribution in [2.24, 2.45) is 0 Å². The van der Waals surface area contributed by atoms with Crippen LogP contribution in [0.15, 0.2) is 103 Å². The minimum Gasteiger partial charge on any atom is -0.479 e. The molecule has 1 saturated carbocycles. The Balaban J connectivity index is 1.36. The zero-order valence-corrected chi connectivity index (χ0v) is 25.0. The number of ketones is 2. The first-order valence-corrected chi connectivity index (χ1v) is 15.4. The van der Waals surface area contributed by atoms with Crippen LogP contribution < -0.4 is 5.32 Å². The number of aliphatic hydroxyl groups is 1. The molecule has 0 aliphatic heterocycles. The summed E-state index contributed by atoms with van der Waals surface area (Å²) < 4.78 is 0. The van der Waals surface area contributed by atoms with Gasteiger partial charge in [0, 0.05) is 23.1 Å². The molecule has 7 heteroatoms. The van der Waals surface area contributed by atoms with Gasteiger partial charge in [-0.05, 0) is 53.1 Å². The highest BCUT2D eigenvalue weighted by Crippen LogP contribution is 2.34. The lowest BCUT2D eigenvalue weighted by molar-refractivity contribution is -0.146. The van der Waals surface area contributed by atoms with Crippen LogP contribution in [0.2, 0.25) is 0 Å².